The molecule has 0 radical (unpaired) electrons. The minimum atomic E-state index is -1.77. The Labute approximate surface area is 244 Å². The highest BCUT2D eigenvalue weighted by molar-refractivity contribution is 6.76. The van der Waals surface area contributed by atoms with Crippen LogP contribution in [0.1, 0.15) is 79.4 Å². The third-order valence-corrected chi connectivity index (χ3v) is 15.4. The zero-order valence-corrected chi connectivity index (χ0v) is 27.5. The molecule has 0 bridgehead atoms. The molecule has 6 rings (SSSR count). The van der Waals surface area contributed by atoms with Crippen molar-refractivity contribution >= 4 is 24.6 Å². The maximum absolute atomic E-state index is 2.95. The van der Waals surface area contributed by atoms with Gasteiger partial charge in [0.25, 0.3) is 0 Å². The molecule has 3 aliphatic carbocycles. The first-order chi connectivity index (χ1) is 18.6. The van der Waals surface area contributed by atoms with E-state index in [0.29, 0.717) is 11.8 Å². The van der Waals surface area contributed by atoms with E-state index in [0.717, 1.165) is 5.54 Å². The Kier molecular flexibility index (Phi) is 6.27. The highest BCUT2D eigenvalue weighted by atomic mass is 28.3. The molecule has 0 aromatic heterocycles. The van der Waals surface area contributed by atoms with Crippen molar-refractivity contribution in [2.24, 2.45) is 11.8 Å². The number of rotatable bonds is 3. The van der Waals surface area contributed by atoms with Crippen LogP contribution >= 0.6 is 0 Å². The molecule has 3 aromatic carbocycles. The van der Waals surface area contributed by atoms with Gasteiger partial charge in [-0.1, -0.05) is 100 Å². The van der Waals surface area contributed by atoms with Crippen LogP contribution in [0.4, 0.5) is 0 Å². The number of hydrogen-bond acceptors (Lipinski definition) is 1. The van der Waals surface area contributed by atoms with Gasteiger partial charge in [0.1, 0.15) is 8.24 Å². The van der Waals surface area contributed by atoms with E-state index < -0.39 is 8.24 Å². The molecule has 0 aliphatic heterocycles. The number of fused-ring (bicyclic) bond motifs is 5. The summed E-state index contributed by atoms with van der Waals surface area (Å²) in [6, 6.07) is 22.8. The van der Waals surface area contributed by atoms with Gasteiger partial charge in [0.15, 0.2) is 0 Å². The fraction of sp³-hybridized carbons (Fsp3) is 0.474. The smallest absolute Gasteiger partial charge is 0.126 e. The lowest BCUT2D eigenvalue weighted by Gasteiger charge is -2.57. The number of benzene rings is 3. The van der Waals surface area contributed by atoms with Crippen molar-refractivity contribution < 1.29 is 0 Å². The van der Waals surface area contributed by atoms with Crippen molar-refractivity contribution in [2.75, 3.05) is 0 Å². The van der Waals surface area contributed by atoms with Crippen molar-refractivity contribution in [2.45, 2.75) is 103 Å². The minimum Gasteiger partial charge on any atom is -0.314 e. The van der Waals surface area contributed by atoms with Gasteiger partial charge in [-0.15, -0.1) is 0 Å². The third kappa shape index (κ3) is 4.20. The Hall–Kier alpha value is -2.42. The normalized spacial score (nSPS) is 24.0. The SMILES string of the molecule is CC1(C)C2=CC3C(C=C2c2ccc(-c4cccc5ccccc45)cc21)CCC3[Si](C)(C)N(C(C)(C)C)C(C)(C)C. The molecule has 0 amide bonds. The first-order valence-electron chi connectivity index (χ1n) is 15.5. The van der Waals surface area contributed by atoms with Crippen molar-refractivity contribution in [3.63, 3.8) is 0 Å². The highest BCUT2D eigenvalue weighted by Gasteiger charge is 2.54. The van der Waals surface area contributed by atoms with Gasteiger partial charge in [-0.2, -0.15) is 0 Å². The second-order valence-electron chi connectivity index (χ2n) is 15.8. The maximum Gasteiger partial charge on any atom is 0.126 e. The Bertz CT molecular complexity index is 1520. The summed E-state index contributed by atoms with van der Waals surface area (Å²) in [6.07, 6.45) is 8.16. The first kappa shape index (κ1) is 27.7. The summed E-state index contributed by atoms with van der Waals surface area (Å²) in [5.74, 6) is 1.32. The summed E-state index contributed by atoms with van der Waals surface area (Å²) in [4.78, 5) is 0. The van der Waals surface area contributed by atoms with Gasteiger partial charge in [-0.05, 0) is 116 Å². The number of allylic oxidation sites excluding steroid dienone is 4. The van der Waals surface area contributed by atoms with Crippen molar-refractivity contribution in [3.8, 4) is 11.1 Å². The molecule has 3 aliphatic rings. The summed E-state index contributed by atoms with van der Waals surface area (Å²) in [6.45, 7) is 24.9. The van der Waals surface area contributed by atoms with Crippen LogP contribution < -0.4 is 0 Å². The second-order valence-corrected chi connectivity index (χ2v) is 20.3. The molecule has 3 aromatic rings. The van der Waals surface area contributed by atoms with E-state index in [1.165, 1.54) is 51.4 Å². The average molecular weight is 548 g/mol. The Balaban J connectivity index is 1.41. The molecule has 40 heavy (non-hydrogen) atoms. The molecular weight excluding hydrogens is 499 g/mol. The van der Waals surface area contributed by atoms with E-state index in [4.69, 9.17) is 0 Å². The molecule has 1 saturated carbocycles. The molecule has 2 heteroatoms. The lowest BCUT2D eigenvalue weighted by atomic mass is 9.76. The summed E-state index contributed by atoms with van der Waals surface area (Å²) in [7, 11) is -1.77. The number of nitrogens with zero attached hydrogens (tertiary/aromatic N) is 1. The Morgan fingerprint density at radius 3 is 2.15 bits per heavy atom. The van der Waals surface area contributed by atoms with E-state index >= 15 is 0 Å². The molecule has 0 spiro atoms. The van der Waals surface area contributed by atoms with E-state index in [1.807, 2.05) is 0 Å². The quantitative estimate of drug-likeness (QED) is 0.295. The van der Waals surface area contributed by atoms with Gasteiger partial charge in [0, 0.05) is 16.5 Å². The third-order valence-electron chi connectivity index (χ3n) is 10.4. The molecule has 3 unspecified atom stereocenters. The van der Waals surface area contributed by atoms with Gasteiger partial charge < -0.3 is 4.57 Å². The van der Waals surface area contributed by atoms with Crippen LogP contribution in [0.15, 0.2) is 78.4 Å². The summed E-state index contributed by atoms with van der Waals surface area (Å²) in [5, 5.41) is 2.65. The van der Waals surface area contributed by atoms with E-state index in [9.17, 15) is 0 Å². The predicted octanol–water partition coefficient (Wildman–Crippen LogP) is 10.6. The van der Waals surface area contributed by atoms with Gasteiger partial charge in [0.2, 0.25) is 0 Å². The van der Waals surface area contributed by atoms with Crippen molar-refractivity contribution in [1.29, 1.82) is 0 Å². The van der Waals surface area contributed by atoms with Crippen LogP contribution in [0.2, 0.25) is 18.6 Å². The van der Waals surface area contributed by atoms with Crippen LogP contribution in [0.25, 0.3) is 27.5 Å². The molecule has 1 fully saturated rings. The maximum atomic E-state index is 2.95. The second kappa shape index (κ2) is 9.04. The van der Waals surface area contributed by atoms with Crippen LogP contribution in [0, 0.1) is 11.8 Å². The van der Waals surface area contributed by atoms with Gasteiger partial charge in [-0.3, -0.25) is 0 Å². The first-order valence-corrected chi connectivity index (χ1v) is 18.5. The van der Waals surface area contributed by atoms with Crippen LogP contribution in [-0.4, -0.2) is 23.9 Å². The molecular formula is C38H49NSi. The van der Waals surface area contributed by atoms with E-state index in [-0.39, 0.29) is 16.5 Å². The highest BCUT2D eigenvalue weighted by Crippen LogP contribution is 2.60. The fourth-order valence-electron chi connectivity index (χ4n) is 9.67. The Morgan fingerprint density at radius 2 is 1.45 bits per heavy atom. The van der Waals surface area contributed by atoms with Gasteiger partial charge in [-0.25, -0.2) is 0 Å². The average Bonchev–Trinajstić information content (AvgIpc) is 3.37. The minimum absolute atomic E-state index is 0.0132. The molecule has 0 heterocycles. The summed E-state index contributed by atoms with van der Waals surface area (Å²) in [5.41, 5.74) is 9.84. The van der Waals surface area contributed by atoms with Crippen LogP contribution in [-0.2, 0) is 5.41 Å². The van der Waals surface area contributed by atoms with Crippen molar-refractivity contribution in [1.82, 2.24) is 4.57 Å². The van der Waals surface area contributed by atoms with Gasteiger partial charge >= 0.3 is 0 Å². The van der Waals surface area contributed by atoms with Gasteiger partial charge in [0.05, 0.1) is 0 Å². The summed E-state index contributed by atoms with van der Waals surface area (Å²) < 4.78 is 2.95. The predicted molar refractivity (Wildman–Crippen MR) is 177 cm³/mol. The van der Waals surface area contributed by atoms with E-state index in [1.54, 1.807) is 5.57 Å². The largest absolute Gasteiger partial charge is 0.314 e. The van der Waals surface area contributed by atoms with Crippen LogP contribution in [0.5, 0.6) is 0 Å². The zero-order valence-electron chi connectivity index (χ0n) is 26.5. The lowest BCUT2D eigenvalue weighted by molar-refractivity contribution is 0.122. The molecule has 3 atom stereocenters. The molecule has 0 saturated heterocycles. The topological polar surface area (TPSA) is 3.24 Å². The fourth-order valence-corrected chi connectivity index (χ4v) is 15.6. The zero-order chi connectivity index (χ0) is 28.8. The summed E-state index contributed by atoms with van der Waals surface area (Å²) >= 11 is 0. The molecule has 1 nitrogen and oxygen atoms in total. The number of hydrogen-bond donors (Lipinski definition) is 0. The van der Waals surface area contributed by atoms with Crippen molar-refractivity contribution in [3.05, 3.63) is 89.5 Å². The standard InChI is InChI=1S/C38H49NSi/c1-36(2,3)39(37(4,5)6)40(9,10)35-21-19-26-22-32-30-20-18-27(23-33(30)38(7,8)34(32)24-31(26)35)29-17-13-15-25-14-11-12-16-28(25)29/h11-18,20,22-24,26,31,35H,19,21H2,1-10H3. The molecule has 210 valence electrons. The molecule has 0 N–H and O–H groups in total. The lowest BCUT2D eigenvalue weighted by Crippen LogP contribution is -2.67. The monoisotopic (exact) mass is 547 g/mol. The van der Waals surface area contributed by atoms with E-state index in [2.05, 4.69) is 146 Å². The van der Waals surface area contributed by atoms with Crippen LogP contribution in [0.3, 0.4) is 0 Å². The Morgan fingerprint density at radius 1 is 0.775 bits per heavy atom.